The molecule has 0 amide bonds. The third-order valence-corrected chi connectivity index (χ3v) is 2.56. The van der Waals surface area contributed by atoms with Gasteiger partial charge in [0.2, 0.25) is 0 Å². The largest absolute Gasteiger partial charge is 0.504 e. The van der Waals surface area contributed by atoms with Gasteiger partial charge in [0.15, 0.2) is 5.75 Å². The standard InChI is InChI=1S/C10H15N3O2.ClH/c1-8-10(14)9(12-7-11-8)6-13-2-4-15-5-3-13;/h7,14H,2-6H2,1H3;1H. The summed E-state index contributed by atoms with van der Waals surface area (Å²) in [6.07, 6.45) is 1.49. The first-order valence-electron chi connectivity index (χ1n) is 5.07. The van der Waals surface area contributed by atoms with E-state index in [4.69, 9.17) is 4.74 Å². The first kappa shape index (κ1) is 13.2. The number of aromatic nitrogens is 2. The molecule has 0 atom stereocenters. The Kier molecular flexibility index (Phi) is 4.92. The molecule has 5 nitrogen and oxygen atoms in total. The summed E-state index contributed by atoms with van der Waals surface area (Å²) in [6.45, 7) is 5.74. The second kappa shape index (κ2) is 5.98. The van der Waals surface area contributed by atoms with E-state index >= 15 is 0 Å². The van der Waals surface area contributed by atoms with Crippen LogP contribution < -0.4 is 0 Å². The Balaban J connectivity index is 0.00000128. The number of aromatic hydroxyl groups is 1. The van der Waals surface area contributed by atoms with Crippen LogP contribution in [0.25, 0.3) is 0 Å². The lowest BCUT2D eigenvalue weighted by Crippen LogP contribution is -2.35. The van der Waals surface area contributed by atoms with Crippen LogP contribution in [0.4, 0.5) is 0 Å². The highest BCUT2D eigenvalue weighted by Gasteiger charge is 2.14. The Morgan fingerprint density at radius 2 is 2.06 bits per heavy atom. The van der Waals surface area contributed by atoms with Gasteiger partial charge in [-0.2, -0.15) is 0 Å². The molecule has 0 spiro atoms. The third-order valence-electron chi connectivity index (χ3n) is 2.56. The third kappa shape index (κ3) is 3.04. The maximum absolute atomic E-state index is 9.75. The van der Waals surface area contributed by atoms with E-state index in [0.717, 1.165) is 26.3 Å². The van der Waals surface area contributed by atoms with Crippen molar-refractivity contribution in [3.63, 3.8) is 0 Å². The van der Waals surface area contributed by atoms with Crippen molar-refractivity contribution in [3.05, 3.63) is 17.7 Å². The zero-order valence-corrected chi connectivity index (χ0v) is 10.0. The zero-order chi connectivity index (χ0) is 10.7. The Morgan fingerprint density at radius 3 is 2.75 bits per heavy atom. The highest BCUT2D eigenvalue weighted by Crippen LogP contribution is 2.18. The zero-order valence-electron chi connectivity index (χ0n) is 9.22. The predicted molar refractivity (Wildman–Crippen MR) is 61.8 cm³/mol. The molecule has 2 heterocycles. The molecule has 0 aromatic carbocycles. The molecule has 1 aromatic heterocycles. The lowest BCUT2D eigenvalue weighted by atomic mass is 10.2. The Labute approximate surface area is 101 Å². The lowest BCUT2D eigenvalue weighted by Gasteiger charge is -2.26. The van der Waals surface area contributed by atoms with Gasteiger partial charge in [-0.05, 0) is 6.92 Å². The minimum Gasteiger partial charge on any atom is -0.504 e. The highest BCUT2D eigenvalue weighted by molar-refractivity contribution is 5.85. The molecule has 6 heteroatoms. The molecule has 1 aliphatic rings. The minimum absolute atomic E-state index is 0. The van der Waals surface area contributed by atoms with Crippen LogP contribution in [0.5, 0.6) is 5.75 Å². The fourth-order valence-corrected chi connectivity index (χ4v) is 1.60. The van der Waals surface area contributed by atoms with Gasteiger partial charge in [0, 0.05) is 19.6 Å². The summed E-state index contributed by atoms with van der Waals surface area (Å²) >= 11 is 0. The summed E-state index contributed by atoms with van der Waals surface area (Å²) in [5, 5.41) is 9.75. The van der Waals surface area contributed by atoms with E-state index in [-0.39, 0.29) is 18.2 Å². The van der Waals surface area contributed by atoms with Gasteiger partial charge in [-0.1, -0.05) is 0 Å². The van der Waals surface area contributed by atoms with Crippen molar-refractivity contribution in [1.82, 2.24) is 14.9 Å². The average Bonchev–Trinajstić information content (AvgIpc) is 2.26. The smallest absolute Gasteiger partial charge is 0.159 e. The number of aryl methyl sites for hydroxylation is 1. The summed E-state index contributed by atoms with van der Waals surface area (Å²) in [4.78, 5) is 10.2. The van der Waals surface area contributed by atoms with E-state index < -0.39 is 0 Å². The monoisotopic (exact) mass is 245 g/mol. The van der Waals surface area contributed by atoms with Gasteiger partial charge in [-0.3, -0.25) is 4.90 Å². The average molecular weight is 246 g/mol. The number of hydrogen-bond acceptors (Lipinski definition) is 5. The number of hydrogen-bond donors (Lipinski definition) is 1. The van der Waals surface area contributed by atoms with E-state index in [0.29, 0.717) is 17.9 Å². The summed E-state index contributed by atoms with van der Waals surface area (Å²) in [6, 6.07) is 0. The van der Waals surface area contributed by atoms with E-state index in [1.54, 1.807) is 6.92 Å². The number of halogens is 1. The number of nitrogens with zero attached hydrogens (tertiary/aromatic N) is 3. The molecule has 90 valence electrons. The van der Waals surface area contributed by atoms with Crippen LogP contribution in [0, 0.1) is 6.92 Å². The topological polar surface area (TPSA) is 58.5 Å². The first-order chi connectivity index (χ1) is 7.27. The molecule has 1 saturated heterocycles. The molecule has 1 aromatic rings. The highest BCUT2D eigenvalue weighted by atomic mass is 35.5. The quantitative estimate of drug-likeness (QED) is 0.833. The number of ether oxygens (including phenoxy) is 1. The minimum atomic E-state index is 0. The van der Waals surface area contributed by atoms with Gasteiger partial charge in [0.05, 0.1) is 24.6 Å². The fourth-order valence-electron chi connectivity index (χ4n) is 1.60. The van der Waals surface area contributed by atoms with Gasteiger partial charge in [-0.25, -0.2) is 9.97 Å². The number of morpholine rings is 1. The second-order valence-corrected chi connectivity index (χ2v) is 3.64. The van der Waals surface area contributed by atoms with Crippen molar-refractivity contribution in [2.45, 2.75) is 13.5 Å². The van der Waals surface area contributed by atoms with Crippen molar-refractivity contribution >= 4 is 12.4 Å². The summed E-state index contributed by atoms with van der Waals surface area (Å²) in [5.41, 5.74) is 1.33. The van der Waals surface area contributed by atoms with Gasteiger partial charge < -0.3 is 9.84 Å². The van der Waals surface area contributed by atoms with Crippen LogP contribution in [-0.2, 0) is 11.3 Å². The second-order valence-electron chi connectivity index (χ2n) is 3.64. The van der Waals surface area contributed by atoms with E-state index in [9.17, 15) is 5.11 Å². The summed E-state index contributed by atoms with van der Waals surface area (Å²) in [5.74, 6) is 0.212. The van der Waals surface area contributed by atoms with Crippen molar-refractivity contribution in [3.8, 4) is 5.75 Å². The summed E-state index contributed by atoms with van der Waals surface area (Å²) < 4.78 is 5.25. The molecule has 0 unspecified atom stereocenters. The normalized spacial score (nSPS) is 16.8. The molecule has 1 aliphatic heterocycles. The SMILES string of the molecule is Cc1ncnc(CN2CCOCC2)c1O.Cl. The molecule has 0 radical (unpaired) electrons. The van der Waals surface area contributed by atoms with E-state index in [1.807, 2.05) is 0 Å². The maximum Gasteiger partial charge on any atom is 0.159 e. The van der Waals surface area contributed by atoms with Gasteiger partial charge in [-0.15, -0.1) is 12.4 Å². The van der Waals surface area contributed by atoms with Crippen molar-refractivity contribution in [2.75, 3.05) is 26.3 Å². The summed E-state index contributed by atoms with van der Waals surface area (Å²) in [7, 11) is 0. The Morgan fingerprint density at radius 1 is 1.38 bits per heavy atom. The molecule has 2 rings (SSSR count). The predicted octanol–water partition coefficient (Wildman–Crippen LogP) is 0.745. The molecule has 16 heavy (non-hydrogen) atoms. The molecule has 1 fully saturated rings. The molecular formula is C10H16ClN3O2. The Hall–Kier alpha value is -0.910. The van der Waals surface area contributed by atoms with Crippen molar-refractivity contribution < 1.29 is 9.84 Å². The van der Waals surface area contributed by atoms with Crippen molar-refractivity contribution in [1.29, 1.82) is 0 Å². The van der Waals surface area contributed by atoms with Gasteiger partial charge >= 0.3 is 0 Å². The van der Waals surface area contributed by atoms with Crippen LogP contribution in [0.2, 0.25) is 0 Å². The van der Waals surface area contributed by atoms with Crippen LogP contribution in [0.3, 0.4) is 0 Å². The first-order valence-corrected chi connectivity index (χ1v) is 5.07. The molecular weight excluding hydrogens is 230 g/mol. The van der Waals surface area contributed by atoms with E-state index in [2.05, 4.69) is 14.9 Å². The van der Waals surface area contributed by atoms with Crippen LogP contribution in [0.15, 0.2) is 6.33 Å². The van der Waals surface area contributed by atoms with E-state index in [1.165, 1.54) is 6.33 Å². The van der Waals surface area contributed by atoms with Gasteiger partial charge in [0.1, 0.15) is 6.33 Å². The fraction of sp³-hybridized carbons (Fsp3) is 0.600. The van der Waals surface area contributed by atoms with Crippen molar-refractivity contribution in [2.24, 2.45) is 0 Å². The maximum atomic E-state index is 9.75. The van der Waals surface area contributed by atoms with Crippen LogP contribution >= 0.6 is 12.4 Å². The molecule has 0 saturated carbocycles. The molecule has 1 N–H and O–H groups in total. The van der Waals surface area contributed by atoms with Crippen LogP contribution in [-0.4, -0.2) is 46.3 Å². The molecule has 0 aliphatic carbocycles. The van der Waals surface area contributed by atoms with Gasteiger partial charge in [0.25, 0.3) is 0 Å². The Bertz CT molecular complexity index is 343. The molecule has 0 bridgehead atoms. The number of rotatable bonds is 2. The lowest BCUT2D eigenvalue weighted by molar-refractivity contribution is 0.0333. The van der Waals surface area contributed by atoms with Crippen LogP contribution in [0.1, 0.15) is 11.4 Å².